The van der Waals surface area contributed by atoms with Gasteiger partial charge < -0.3 is 4.98 Å². The monoisotopic (exact) mass is 343 g/mol. The van der Waals surface area contributed by atoms with Crippen LogP contribution in [0.4, 0.5) is 0 Å². The maximum absolute atomic E-state index is 5.79. The lowest BCUT2D eigenvalue weighted by Crippen LogP contribution is -1.85. The van der Waals surface area contributed by atoms with Crippen molar-refractivity contribution in [2.24, 2.45) is 5.14 Å². The van der Waals surface area contributed by atoms with Crippen LogP contribution in [0.2, 0.25) is 0 Å². The lowest BCUT2D eigenvalue weighted by molar-refractivity contribution is 1.29. The van der Waals surface area contributed by atoms with Crippen molar-refractivity contribution in [1.29, 1.82) is 0 Å². The van der Waals surface area contributed by atoms with Gasteiger partial charge in [-0.25, -0.2) is 4.98 Å². The summed E-state index contributed by atoms with van der Waals surface area (Å²) in [6, 6.07) is 24.6. The van der Waals surface area contributed by atoms with Crippen molar-refractivity contribution >= 4 is 35.1 Å². The Morgan fingerprint density at radius 2 is 1.68 bits per heavy atom. The zero-order valence-corrected chi connectivity index (χ0v) is 14.3. The van der Waals surface area contributed by atoms with Crippen molar-refractivity contribution < 1.29 is 0 Å². The summed E-state index contributed by atoms with van der Waals surface area (Å²) in [6.07, 6.45) is 4.05. The van der Waals surface area contributed by atoms with E-state index in [4.69, 9.17) is 5.14 Å². The van der Waals surface area contributed by atoms with E-state index in [1.54, 1.807) is 0 Å². The first-order valence-corrected chi connectivity index (χ1v) is 8.90. The Morgan fingerprint density at radius 1 is 0.880 bits per heavy atom. The Kier molecular flexibility index (Phi) is 4.37. The molecule has 0 saturated heterocycles. The Labute approximate surface area is 150 Å². The first-order valence-electron chi connectivity index (χ1n) is 8.02. The van der Waals surface area contributed by atoms with Crippen LogP contribution in [-0.2, 0) is 0 Å². The van der Waals surface area contributed by atoms with E-state index in [0.717, 1.165) is 38.4 Å². The molecule has 0 unspecified atom stereocenters. The second-order valence-electron chi connectivity index (χ2n) is 5.71. The van der Waals surface area contributed by atoms with E-state index in [-0.39, 0.29) is 0 Å². The number of benzene rings is 3. The number of nitrogens with two attached hydrogens (primary N) is 1. The fraction of sp³-hybridized carbons (Fsp3) is 0. The van der Waals surface area contributed by atoms with Crippen LogP contribution < -0.4 is 5.14 Å². The zero-order valence-electron chi connectivity index (χ0n) is 13.5. The van der Waals surface area contributed by atoms with Gasteiger partial charge in [0.2, 0.25) is 0 Å². The Hall–Kier alpha value is -2.82. The van der Waals surface area contributed by atoms with Crippen molar-refractivity contribution in [3.63, 3.8) is 0 Å². The van der Waals surface area contributed by atoms with Gasteiger partial charge in [0.1, 0.15) is 5.82 Å². The molecule has 3 aromatic carbocycles. The number of fused-ring (bicyclic) bond motifs is 1. The number of aromatic nitrogens is 2. The molecule has 4 aromatic rings. The lowest BCUT2D eigenvalue weighted by Gasteiger charge is -2.06. The van der Waals surface area contributed by atoms with Crippen molar-refractivity contribution in [3.05, 3.63) is 84.2 Å². The number of nitrogens with zero attached hydrogens (tertiary/aromatic N) is 1. The van der Waals surface area contributed by atoms with Gasteiger partial charge in [-0.3, -0.25) is 5.14 Å². The van der Waals surface area contributed by atoms with Gasteiger partial charge in [0.15, 0.2) is 0 Å². The molecule has 0 saturated carbocycles. The van der Waals surface area contributed by atoms with E-state index >= 15 is 0 Å². The first kappa shape index (κ1) is 15.7. The second-order valence-corrected chi connectivity index (χ2v) is 6.39. The molecule has 4 rings (SSSR count). The highest BCUT2D eigenvalue weighted by Crippen LogP contribution is 2.30. The fourth-order valence-electron chi connectivity index (χ4n) is 2.82. The molecule has 0 spiro atoms. The van der Waals surface area contributed by atoms with Gasteiger partial charge in [-0.05, 0) is 52.9 Å². The second kappa shape index (κ2) is 6.97. The summed E-state index contributed by atoms with van der Waals surface area (Å²) in [5, 5.41) is 5.79. The van der Waals surface area contributed by atoms with Crippen LogP contribution in [0.5, 0.6) is 0 Å². The SMILES string of the molecule is NSc1ccccc1-c1ccc2nc(/C=C/c3ccccc3)[nH]c2c1. The highest BCUT2D eigenvalue weighted by Gasteiger charge is 2.07. The number of hydrogen-bond acceptors (Lipinski definition) is 3. The topological polar surface area (TPSA) is 54.7 Å². The van der Waals surface area contributed by atoms with Crippen molar-refractivity contribution in [1.82, 2.24) is 9.97 Å². The number of H-pyrrole nitrogens is 1. The third kappa shape index (κ3) is 3.36. The van der Waals surface area contributed by atoms with E-state index in [0.29, 0.717) is 0 Å². The van der Waals surface area contributed by atoms with Crippen LogP contribution in [-0.4, -0.2) is 9.97 Å². The molecule has 0 aliphatic rings. The van der Waals surface area contributed by atoms with Gasteiger partial charge in [-0.1, -0.05) is 60.7 Å². The number of rotatable bonds is 4. The quantitative estimate of drug-likeness (QED) is 0.490. The standard InChI is InChI=1S/C21H17N3S/c22-25-20-9-5-4-8-17(20)16-11-12-18-19(14-16)24-21(23-18)13-10-15-6-2-1-3-7-15/h1-14H,22H2,(H,23,24)/b13-10+. The molecular formula is C21H17N3S. The maximum Gasteiger partial charge on any atom is 0.131 e. The highest BCUT2D eigenvalue weighted by atomic mass is 32.2. The first-order chi connectivity index (χ1) is 12.3. The molecule has 0 bridgehead atoms. The number of aromatic amines is 1. The number of nitrogens with one attached hydrogen (secondary N) is 1. The molecule has 1 aromatic heterocycles. The lowest BCUT2D eigenvalue weighted by atomic mass is 10.1. The van der Waals surface area contributed by atoms with E-state index in [1.807, 2.05) is 48.5 Å². The molecule has 1 heterocycles. The van der Waals surface area contributed by atoms with Crippen LogP contribution >= 0.6 is 11.9 Å². The Morgan fingerprint density at radius 3 is 2.52 bits per heavy atom. The minimum absolute atomic E-state index is 0.845. The molecule has 3 nitrogen and oxygen atoms in total. The summed E-state index contributed by atoms with van der Waals surface area (Å²) in [7, 11) is 0. The van der Waals surface area contributed by atoms with Crippen LogP contribution in [0.3, 0.4) is 0 Å². The molecule has 4 heteroatoms. The molecule has 122 valence electrons. The average molecular weight is 343 g/mol. The third-order valence-electron chi connectivity index (χ3n) is 4.06. The molecule has 0 fully saturated rings. The summed E-state index contributed by atoms with van der Waals surface area (Å²) in [5.41, 5.74) is 5.38. The van der Waals surface area contributed by atoms with Crippen LogP contribution in [0.1, 0.15) is 11.4 Å². The Balaban J connectivity index is 1.69. The van der Waals surface area contributed by atoms with Crippen LogP contribution in [0.15, 0.2) is 77.7 Å². The van der Waals surface area contributed by atoms with Gasteiger partial charge >= 0.3 is 0 Å². The summed E-state index contributed by atoms with van der Waals surface area (Å²) in [4.78, 5) is 9.07. The molecule has 0 aliphatic carbocycles. The maximum atomic E-state index is 5.79. The smallest absolute Gasteiger partial charge is 0.131 e. The van der Waals surface area contributed by atoms with Crippen molar-refractivity contribution in [3.8, 4) is 11.1 Å². The fourth-order valence-corrected chi connectivity index (χ4v) is 3.29. The minimum Gasteiger partial charge on any atom is -0.338 e. The molecule has 0 atom stereocenters. The number of hydrogen-bond donors (Lipinski definition) is 2. The van der Waals surface area contributed by atoms with Gasteiger partial charge in [-0.15, -0.1) is 0 Å². The third-order valence-corrected chi connectivity index (χ3v) is 4.67. The van der Waals surface area contributed by atoms with E-state index in [1.165, 1.54) is 11.9 Å². The zero-order chi connectivity index (χ0) is 17.1. The van der Waals surface area contributed by atoms with E-state index < -0.39 is 0 Å². The molecule has 0 amide bonds. The summed E-state index contributed by atoms with van der Waals surface area (Å²) >= 11 is 1.27. The number of imidazole rings is 1. The molecule has 25 heavy (non-hydrogen) atoms. The predicted octanol–water partition coefficient (Wildman–Crippen LogP) is 5.37. The molecule has 0 aliphatic heterocycles. The van der Waals surface area contributed by atoms with Gasteiger partial charge in [0.25, 0.3) is 0 Å². The molecular weight excluding hydrogens is 326 g/mol. The van der Waals surface area contributed by atoms with Crippen LogP contribution in [0, 0.1) is 0 Å². The van der Waals surface area contributed by atoms with Gasteiger partial charge in [0, 0.05) is 4.90 Å². The Bertz CT molecular complexity index is 1040. The molecule has 0 radical (unpaired) electrons. The minimum atomic E-state index is 0.845. The normalized spacial score (nSPS) is 11.4. The van der Waals surface area contributed by atoms with Gasteiger partial charge in [-0.2, -0.15) is 0 Å². The largest absolute Gasteiger partial charge is 0.338 e. The van der Waals surface area contributed by atoms with Gasteiger partial charge in [0.05, 0.1) is 11.0 Å². The molecule has 3 N–H and O–H groups in total. The van der Waals surface area contributed by atoms with Crippen molar-refractivity contribution in [2.75, 3.05) is 0 Å². The average Bonchev–Trinajstić information content (AvgIpc) is 3.09. The summed E-state index contributed by atoms with van der Waals surface area (Å²) in [5.74, 6) is 0.845. The highest BCUT2D eigenvalue weighted by molar-refractivity contribution is 7.97. The summed E-state index contributed by atoms with van der Waals surface area (Å²) in [6.45, 7) is 0. The van der Waals surface area contributed by atoms with E-state index in [9.17, 15) is 0 Å². The van der Waals surface area contributed by atoms with E-state index in [2.05, 4.69) is 46.4 Å². The summed E-state index contributed by atoms with van der Waals surface area (Å²) < 4.78 is 0. The van der Waals surface area contributed by atoms with Crippen LogP contribution in [0.25, 0.3) is 34.3 Å². The van der Waals surface area contributed by atoms with Crippen molar-refractivity contribution in [2.45, 2.75) is 4.90 Å². The predicted molar refractivity (Wildman–Crippen MR) is 107 cm³/mol.